The lowest BCUT2D eigenvalue weighted by Crippen LogP contribution is -2.37. The molecule has 0 aliphatic carbocycles. The van der Waals surface area contributed by atoms with E-state index in [1.54, 1.807) is 0 Å². The Kier molecular flexibility index (Phi) is 43.4. The highest BCUT2D eigenvalue weighted by molar-refractivity contribution is 7.47. The van der Waals surface area contributed by atoms with Crippen LogP contribution in [0.3, 0.4) is 0 Å². The lowest BCUT2D eigenvalue weighted by atomic mass is 10.1. The fourth-order valence-electron chi connectivity index (χ4n) is 6.48. The molecule has 1 N–H and O–H groups in total. The Labute approximate surface area is 392 Å². The lowest BCUT2D eigenvalue weighted by molar-refractivity contribution is -0.870. The van der Waals surface area contributed by atoms with Crippen LogP contribution in [0.1, 0.15) is 194 Å². The van der Waals surface area contributed by atoms with Crippen molar-refractivity contribution in [2.75, 3.05) is 47.5 Å². The number of hydrogen-bond donors (Lipinski definition) is 1. The quantitative estimate of drug-likeness (QED) is 0.0212. The van der Waals surface area contributed by atoms with E-state index >= 15 is 0 Å². The molecule has 2 unspecified atom stereocenters. The molecule has 0 heterocycles. The average molecular weight is 917 g/mol. The molecule has 0 radical (unpaired) electrons. The zero-order chi connectivity index (χ0) is 47.1. The second kappa shape index (κ2) is 45.4. The highest BCUT2D eigenvalue weighted by atomic mass is 31.2. The largest absolute Gasteiger partial charge is 0.472 e. The molecular weight excluding hydrogens is 822 g/mol. The summed E-state index contributed by atoms with van der Waals surface area (Å²) in [4.78, 5) is 35.5. The predicted octanol–water partition coefficient (Wildman–Crippen LogP) is 15.1. The number of carbonyl (C=O) groups excluding carboxylic acids is 2. The van der Waals surface area contributed by atoms with Gasteiger partial charge in [-0.1, -0.05) is 176 Å². The van der Waals surface area contributed by atoms with Gasteiger partial charge in [-0.25, -0.2) is 4.57 Å². The van der Waals surface area contributed by atoms with Crippen molar-refractivity contribution in [3.05, 3.63) is 85.1 Å². The molecule has 0 saturated carbocycles. The summed E-state index contributed by atoms with van der Waals surface area (Å²) in [5.74, 6) is -0.826. The normalized spacial score (nSPS) is 14.2. The Morgan fingerprint density at radius 1 is 0.500 bits per heavy atom. The first-order valence-electron chi connectivity index (χ1n) is 25.3. The molecule has 0 aromatic carbocycles. The molecule has 368 valence electrons. The third kappa shape index (κ3) is 48.6. The van der Waals surface area contributed by atoms with Gasteiger partial charge in [0, 0.05) is 12.8 Å². The first-order valence-corrected chi connectivity index (χ1v) is 26.8. The van der Waals surface area contributed by atoms with Gasteiger partial charge in [-0.05, 0) is 89.9 Å². The smallest absolute Gasteiger partial charge is 0.462 e. The monoisotopic (exact) mass is 917 g/mol. The van der Waals surface area contributed by atoms with E-state index in [2.05, 4.69) is 98.9 Å². The zero-order valence-corrected chi connectivity index (χ0v) is 42.4. The number of nitrogens with zero attached hydrogens (tertiary/aromatic N) is 1. The molecule has 0 bridgehead atoms. The second-order valence-electron chi connectivity index (χ2n) is 17.8. The Hall–Kier alpha value is -2.81. The minimum atomic E-state index is -4.39. The van der Waals surface area contributed by atoms with Crippen molar-refractivity contribution in [3.8, 4) is 0 Å². The van der Waals surface area contributed by atoms with Gasteiger partial charge in [-0.2, -0.15) is 0 Å². The second-order valence-corrected chi connectivity index (χ2v) is 19.3. The molecule has 0 aromatic heterocycles. The van der Waals surface area contributed by atoms with Gasteiger partial charge in [-0.3, -0.25) is 18.6 Å². The van der Waals surface area contributed by atoms with Crippen molar-refractivity contribution in [1.29, 1.82) is 0 Å². The molecule has 0 saturated heterocycles. The van der Waals surface area contributed by atoms with Crippen LogP contribution >= 0.6 is 7.82 Å². The summed E-state index contributed by atoms with van der Waals surface area (Å²) < 4.78 is 34.4. The van der Waals surface area contributed by atoms with E-state index in [0.29, 0.717) is 17.4 Å². The van der Waals surface area contributed by atoms with E-state index in [0.717, 1.165) is 103 Å². The SMILES string of the molecule is CC/C=C\C/C=C\C/C=C\C/C=C\C/C=C\CCCCCCCCCCCC(=O)OC(COC(=O)CCCCCCC/C=C\C/C=C\CCCCC)COP(=O)(O)OCC[N+](C)(C)C. The van der Waals surface area contributed by atoms with Crippen LogP contribution in [-0.2, 0) is 32.7 Å². The fraction of sp³-hybridized carbons (Fsp3) is 0.704. The van der Waals surface area contributed by atoms with Crippen LogP contribution in [0, 0.1) is 0 Å². The summed E-state index contributed by atoms with van der Waals surface area (Å²) in [7, 11) is 1.45. The molecule has 64 heavy (non-hydrogen) atoms. The van der Waals surface area contributed by atoms with E-state index in [9.17, 15) is 19.0 Å². The minimum Gasteiger partial charge on any atom is -0.462 e. The van der Waals surface area contributed by atoms with Crippen molar-refractivity contribution >= 4 is 19.8 Å². The van der Waals surface area contributed by atoms with Gasteiger partial charge in [-0.15, -0.1) is 0 Å². The van der Waals surface area contributed by atoms with Gasteiger partial charge in [0.05, 0.1) is 27.7 Å². The number of hydrogen-bond acceptors (Lipinski definition) is 7. The summed E-state index contributed by atoms with van der Waals surface area (Å²) in [6.07, 6.45) is 59.2. The fourth-order valence-corrected chi connectivity index (χ4v) is 7.22. The van der Waals surface area contributed by atoms with Crippen molar-refractivity contribution in [3.63, 3.8) is 0 Å². The van der Waals surface area contributed by atoms with Gasteiger partial charge in [0.15, 0.2) is 6.10 Å². The first-order chi connectivity index (χ1) is 31.0. The van der Waals surface area contributed by atoms with Crippen molar-refractivity contribution < 1.29 is 42.1 Å². The average Bonchev–Trinajstić information content (AvgIpc) is 3.25. The number of carbonyl (C=O) groups is 2. The number of likely N-dealkylation sites (N-methyl/N-ethyl adjacent to an activating group) is 1. The Morgan fingerprint density at radius 3 is 1.33 bits per heavy atom. The van der Waals surface area contributed by atoms with E-state index < -0.39 is 26.5 Å². The van der Waals surface area contributed by atoms with E-state index in [1.165, 1.54) is 57.8 Å². The summed E-state index contributed by atoms with van der Waals surface area (Å²) in [6, 6.07) is 0. The van der Waals surface area contributed by atoms with Crippen LogP contribution in [0.5, 0.6) is 0 Å². The maximum Gasteiger partial charge on any atom is 0.472 e. The Morgan fingerprint density at radius 2 is 0.891 bits per heavy atom. The summed E-state index contributed by atoms with van der Waals surface area (Å²) in [5, 5.41) is 0. The van der Waals surface area contributed by atoms with Crippen LogP contribution in [0.25, 0.3) is 0 Å². The van der Waals surface area contributed by atoms with Gasteiger partial charge in [0.1, 0.15) is 19.8 Å². The number of rotatable bonds is 45. The zero-order valence-electron chi connectivity index (χ0n) is 41.5. The number of ether oxygens (including phenoxy) is 2. The number of quaternary nitrogens is 1. The molecule has 9 nitrogen and oxygen atoms in total. The predicted molar refractivity (Wildman–Crippen MR) is 270 cm³/mol. The molecule has 10 heteroatoms. The van der Waals surface area contributed by atoms with Gasteiger partial charge in [0.25, 0.3) is 0 Å². The lowest BCUT2D eigenvalue weighted by Gasteiger charge is -2.24. The molecule has 0 fully saturated rings. The third-order valence-electron chi connectivity index (χ3n) is 10.4. The van der Waals surface area contributed by atoms with Crippen molar-refractivity contribution in [2.45, 2.75) is 200 Å². The van der Waals surface area contributed by atoms with Gasteiger partial charge in [0.2, 0.25) is 0 Å². The third-order valence-corrected chi connectivity index (χ3v) is 11.4. The molecule has 0 amide bonds. The Bertz CT molecular complexity index is 1360. The number of allylic oxidation sites excluding steroid dienone is 14. The molecule has 0 aromatic rings. The highest BCUT2D eigenvalue weighted by Crippen LogP contribution is 2.43. The first kappa shape index (κ1) is 61.2. The standard InChI is InChI=1S/C54H94NO8P/c1-6-8-10-12-14-16-18-20-22-23-24-25-26-27-28-29-30-31-33-35-37-39-41-43-45-47-54(57)63-52(51-62-64(58,59)61-49-48-55(3,4)5)50-60-53(56)46-44-42-40-38-36-34-32-21-19-17-15-13-11-9-7-2/h8,10,14-17,20-22,24-25,27-28,32,52H,6-7,9,11-13,18-19,23,26,29-31,33-51H2,1-5H3/p+1/b10-8-,16-14-,17-15-,22-20-,25-24-,28-27-,32-21-. The van der Waals surface area contributed by atoms with Crippen LogP contribution in [0.2, 0.25) is 0 Å². The summed E-state index contributed by atoms with van der Waals surface area (Å²) in [6.45, 7) is 4.25. The number of unbranched alkanes of at least 4 members (excludes halogenated alkanes) is 17. The van der Waals surface area contributed by atoms with Crippen LogP contribution in [-0.4, -0.2) is 74.9 Å². The minimum absolute atomic E-state index is 0.0239. The van der Waals surface area contributed by atoms with Gasteiger partial charge >= 0.3 is 19.8 Å². The maximum absolute atomic E-state index is 12.8. The van der Waals surface area contributed by atoms with Crippen LogP contribution in [0.15, 0.2) is 85.1 Å². The van der Waals surface area contributed by atoms with Crippen molar-refractivity contribution in [1.82, 2.24) is 0 Å². The summed E-state index contributed by atoms with van der Waals surface area (Å²) in [5.41, 5.74) is 0. The van der Waals surface area contributed by atoms with Crippen LogP contribution < -0.4 is 0 Å². The van der Waals surface area contributed by atoms with E-state index in [1.807, 2.05) is 21.1 Å². The molecule has 2 atom stereocenters. The highest BCUT2D eigenvalue weighted by Gasteiger charge is 2.27. The molecular formula is C54H95NO8P+. The van der Waals surface area contributed by atoms with Crippen molar-refractivity contribution in [2.24, 2.45) is 0 Å². The number of phosphoric acid groups is 1. The van der Waals surface area contributed by atoms with Gasteiger partial charge < -0.3 is 18.9 Å². The molecule has 0 rings (SSSR count). The number of phosphoric ester groups is 1. The Balaban J connectivity index is 4.28. The van der Waals surface area contributed by atoms with Crippen LogP contribution in [0.4, 0.5) is 0 Å². The van der Waals surface area contributed by atoms with E-state index in [-0.39, 0.29) is 32.0 Å². The van der Waals surface area contributed by atoms with E-state index in [4.69, 9.17) is 18.5 Å². The summed E-state index contributed by atoms with van der Waals surface area (Å²) >= 11 is 0. The molecule has 0 aliphatic heterocycles. The maximum atomic E-state index is 12.8. The topological polar surface area (TPSA) is 108 Å². The molecule has 0 spiro atoms. The molecule has 0 aliphatic rings. The number of esters is 2.